The fraction of sp³-hybridized carbons (Fsp3) is 0.273. The Morgan fingerprint density at radius 2 is 1.91 bits per heavy atom. The minimum atomic E-state index is -3.50. The van der Waals surface area contributed by atoms with Crippen LogP contribution < -0.4 is 5.32 Å². The highest BCUT2D eigenvalue weighted by Crippen LogP contribution is 2.27. The normalized spacial score (nSPS) is 11.9. The van der Waals surface area contributed by atoms with Crippen LogP contribution in [0.15, 0.2) is 58.2 Å². The largest absolute Gasteiger partial charge is 0.444 e. The van der Waals surface area contributed by atoms with E-state index >= 15 is 0 Å². The van der Waals surface area contributed by atoms with E-state index in [-0.39, 0.29) is 11.4 Å². The van der Waals surface area contributed by atoms with Gasteiger partial charge >= 0.3 is 6.09 Å². The number of nitrogens with zero attached hydrogens (tertiary/aromatic N) is 2. The molecule has 32 heavy (non-hydrogen) atoms. The van der Waals surface area contributed by atoms with Crippen molar-refractivity contribution in [3.63, 3.8) is 0 Å². The summed E-state index contributed by atoms with van der Waals surface area (Å²) in [5.74, 6) is -0.475. The molecule has 0 unspecified atom stereocenters. The van der Waals surface area contributed by atoms with Crippen LogP contribution in [0.4, 0.5) is 9.18 Å². The van der Waals surface area contributed by atoms with E-state index in [1.54, 1.807) is 45.2 Å². The summed E-state index contributed by atoms with van der Waals surface area (Å²) in [6, 6.07) is 9.25. The monoisotopic (exact) mass is 523 g/mol. The van der Waals surface area contributed by atoms with E-state index in [1.165, 1.54) is 29.1 Å². The first kappa shape index (κ1) is 23.9. The van der Waals surface area contributed by atoms with Gasteiger partial charge < -0.3 is 10.1 Å². The molecule has 0 fully saturated rings. The van der Waals surface area contributed by atoms with Crippen molar-refractivity contribution in [2.75, 3.05) is 6.26 Å². The van der Waals surface area contributed by atoms with Crippen molar-refractivity contribution in [3.05, 3.63) is 64.6 Å². The Bertz CT molecular complexity index is 1270. The Kier molecular flexibility index (Phi) is 6.75. The summed E-state index contributed by atoms with van der Waals surface area (Å²) in [5.41, 5.74) is 1.41. The number of amides is 1. The maximum Gasteiger partial charge on any atom is 0.407 e. The molecule has 2 aromatic carbocycles. The number of hydrogen-bond acceptors (Lipinski definition) is 5. The SMILES string of the molecule is CC(C)(C)OC(=O)NCc1cc(F)cc(-c2cnn(-c3ccc(Br)cc3S(C)(=O)=O)c2)c1. The van der Waals surface area contributed by atoms with Gasteiger partial charge in [-0.05, 0) is 68.3 Å². The molecule has 0 atom stereocenters. The van der Waals surface area contributed by atoms with Gasteiger partial charge in [-0.15, -0.1) is 0 Å². The maximum atomic E-state index is 14.2. The van der Waals surface area contributed by atoms with Gasteiger partial charge in [0.2, 0.25) is 0 Å². The highest BCUT2D eigenvalue weighted by Gasteiger charge is 2.18. The molecule has 3 aromatic rings. The summed E-state index contributed by atoms with van der Waals surface area (Å²) in [7, 11) is -3.50. The summed E-state index contributed by atoms with van der Waals surface area (Å²) in [5, 5.41) is 6.87. The standard InChI is InChI=1S/C22H23BrFN3O4S/c1-22(2,3)31-21(28)25-11-14-7-15(9-18(24)8-14)16-12-26-27(13-16)19-6-5-17(23)10-20(19)32(4,29)30/h5-10,12-13H,11H2,1-4H3,(H,25,28). The van der Waals surface area contributed by atoms with E-state index in [9.17, 15) is 17.6 Å². The zero-order chi connectivity index (χ0) is 23.7. The Morgan fingerprint density at radius 3 is 2.56 bits per heavy atom. The number of benzene rings is 2. The number of aromatic nitrogens is 2. The number of carbonyl (C=O) groups excluding carboxylic acids is 1. The average molecular weight is 524 g/mol. The first-order valence-corrected chi connectivity index (χ1v) is 12.3. The van der Waals surface area contributed by atoms with E-state index in [0.29, 0.717) is 26.9 Å². The van der Waals surface area contributed by atoms with Gasteiger partial charge in [-0.2, -0.15) is 5.10 Å². The molecule has 0 aliphatic heterocycles. The van der Waals surface area contributed by atoms with Gasteiger partial charge in [-0.1, -0.05) is 15.9 Å². The molecule has 3 rings (SSSR count). The number of carbonyl (C=O) groups is 1. The van der Waals surface area contributed by atoms with Crippen LogP contribution in [0.5, 0.6) is 0 Å². The van der Waals surface area contributed by atoms with Crippen LogP contribution in [-0.2, 0) is 21.1 Å². The maximum absolute atomic E-state index is 14.2. The van der Waals surface area contributed by atoms with Crippen LogP contribution in [0.3, 0.4) is 0 Å². The number of hydrogen-bond donors (Lipinski definition) is 1. The Labute approximate surface area is 194 Å². The fourth-order valence-corrected chi connectivity index (χ4v) is 4.38. The summed E-state index contributed by atoms with van der Waals surface area (Å²) < 4.78 is 45.9. The predicted molar refractivity (Wildman–Crippen MR) is 123 cm³/mol. The topological polar surface area (TPSA) is 90.3 Å². The molecule has 0 saturated carbocycles. The summed E-state index contributed by atoms with van der Waals surface area (Å²) in [6.45, 7) is 5.35. The van der Waals surface area contributed by atoms with E-state index < -0.39 is 27.3 Å². The average Bonchev–Trinajstić information content (AvgIpc) is 3.14. The third-order valence-electron chi connectivity index (χ3n) is 4.28. The minimum absolute atomic E-state index is 0.0821. The van der Waals surface area contributed by atoms with E-state index in [2.05, 4.69) is 26.3 Å². The Morgan fingerprint density at radius 1 is 1.19 bits per heavy atom. The molecule has 1 N–H and O–H groups in total. The van der Waals surface area contributed by atoms with Crippen molar-refractivity contribution in [2.45, 2.75) is 37.8 Å². The molecule has 0 spiro atoms. The van der Waals surface area contributed by atoms with Crippen molar-refractivity contribution < 1.29 is 22.3 Å². The lowest BCUT2D eigenvalue weighted by molar-refractivity contribution is 0.0523. The Balaban J connectivity index is 1.88. The molecule has 1 heterocycles. The fourth-order valence-electron chi connectivity index (χ4n) is 2.99. The molecule has 0 aliphatic carbocycles. The second-order valence-electron chi connectivity index (χ2n) is 8.26. The second-order valence-corrected chi connectivity index (χ2v) is 11.2. The molecule has 7 nitrogen and oxygen atoms in total. The molecule has 170 valence electrons. The second kappa shape index (κ2) is 9.03. The first-order chi connectivity index (χ1) is 14.8. The molecular weight excluding hydrogens is 501 g/mol. The number of sulfone groups is 1. The highest BCUT2D eigenvalue weighted by molar-refractivity contribution is 9.10. The summed E-state index contributed by atoms with van der Waals surface area (Å²) in [4.78, 5) is 12.0. The lowest BCUT2D eigenvalue weighted by atomic mass is 10.1. The van der Waals surface area contributed by atoms with Crippen molar-refractivity contribution in [1.29, 1.82) is 0 Å². The number of alkyl carbamates (subject to hydrolysis) is 1. The van der Waals surface area contributed by atoms with Gasteiger partial charge in [0.05, 0.1) is 16.8 Å². The van der Waals surface area contributed by atoms with Crippen molar-refractivity contribution in [3.8, 4) is 16.8 Å². The molecule has 0 radical (unpaired) electrons. The van der Waals surface area contributed by atoms with Crippen LogP contribution in [-0.4, -0.2) is 36.1 Å². The van der Waals surface area contributed by atoms with Crippen LogP contribution in [0.1, 0.15) is 26.3 Å². The number of ether oxygens (including phenoxy) is 1. The summed E-state index contributed by atoms with van der Waals surface area (Å²) >= 11 is 3.29. The van der Waals surface area contributed by atoms with Gasteiger partial charge in [0.15, 0.2) is 9.84 Å². The third kappa shape index (κ3) is 6.17. The number of rotatable bonds is 5. The summed E-state index contributed by atoms with van der Waals surface area (Å²) in [6.07, 6.45) is 3.67. The van der Waals surface area contributed by atoms with Crippen molar-refractivity contribution in [1.82, 2.24) is 15.1 Å². The third-order valence-corrected chi connectivity index (χ3v) is 5.90. The van der Waals surface area contributed by atoms with E-state index in [0.717, 1.165) is 6.26 Å². The highest BCUT2D eigenvalue weighted by atomic mass is 79.9. The first-order valence-electron chi connectivity index (χ1n) is 9.63. The van der Waals surface area contributed by atoms with Crippen LogP contribution >= 0.6 is 15.9 Å². The van der Waals surface area contributed by atoms with Crippen molar-refractivity contribution >= 4 is 31.9 Å². The molecule has 0 aliphatic rings. The van der Waals surface area contributed by atoms with Crippen LogP contribution in [0.25, 0.3) is 16.8 Å². The van der Waals surface area contributed by atoms with E-state index in [4.69, 9.17) is 4.74 Å². The van der Waals surface area contributed by atoms with E-state index in [1.807, 2.05) is 0 Å². The van der Waals surface area contributed by atoms with Crippen LogP contribution in [0, 0.1) is 5.82 Å². The number of nitrogens with one attached hydrogen (secondary N) is 1. The lowest BCUT2D eigenvalue weighted by Crippen LogP contribution is -2.32. The zero-order valence-corrected chi connectivity index (χ0v) is 20.4. The van der Waals surface area contributed by atoms with Gasteiger partial charge in [0.25, 0.3) is 0 Å². The molecule has 10 heteroatoms. The van der Waals surface area contributed by atoms with Gasteiger partial charge in [-0.25, -0.2) is 22.3 Å². The van der Waals surface area contributed by atoms with Gasteiger partial charge in [0, 0.05) is 29.0 Å². The number of halogens is 2. The lowest BCUT2D eigenvalue weighted by Gasteiger charge is -2.19. The van der Waals surface area contributed by atoms with Gasteiger partial charge in [0.1, 0.15) is 11.4 Å². The van der Waals surface area contributed by atoms with Crippen LogP contribution in [0.2, 0.25) is 0 Å². The molecule has 1 aromatic heterocycles. The molecule has 0 saturated heterocycles. The molecule has 1 amide bonds. The smallest absolute Gasteiger partial charge is 0.407 e. The minimum Gasteiger partial charge on any atom is -0.444 e. The quantitative estimate of drug-likeness (QED) is 0.515. The zero-order valence-electron chi connectivity index (χ0n) is 18.0. The van der Waals surface area contributed by atoms with Crippen molar-refractivity contribution in [2.24, 2.45) is 0 Å². The predicted octanol–water partition coefficient (Wildman–Crippen LogP) is 4.87. The van der Waals surface area contributed by atoms with Gasteiger partial charge in [-0.3, -0.25) is 0 Å². The molecular formula is C22H23BrFN3O4S. The Hall–Kier alpha value is -2.72. The molecule has 0 bridgehead atoms.